The molecule has 2 rings (SSSR count). The van der Waals surface area contributed by atoms with Crippen molar-refractivity contribution in [2.24, 2.45) is 4.40 Å². The number of amidine groups is 1. The number of benzene rings is 1. The quantitative estimate of drug-likeness (QED) is 0.913. The Labute approximate surface area is 121 Å². The number of thioether (sulfide) groups is 1. The summed E-state index contributed by atoms with van der Waals surface area (Å²) in [6.07, 6.45) is 0. The van der Waals surface area contributed by atoms with Crippen molar-refractivity contribution in [3.8, 4) is 5.75 Å². The van der Waals surface area contributed by atoms with Gasteiger partial charge in [-0.05, 0) is 26.0 Å². The molecular formula is C12H14N2O4S2. The summed E-state index contributed by atoms with van der Waals surface area (Å²) in [5.41, 5.74) is 0.439. The number of ether oxygens (including phenoxy) is 1. The predicted octanol–water partition coefficient (Wildman–Crippen LogP) is 1.88. The van der Waals surface area contributed by atoms with Gasteiger partial charge in [-0.15, -0.1) is 4.40 Å². The fraction of sp³-hybridized carbons (Fsp3) is 0.333. The molecule has 0 radical (unpaired) electrons. The summed E-state index contributed by atoms with van der Waals surface area (Å²) in [6, 6.07) is 4.75. The van der Waals surface area contributed by atoms with Crippen LogP contribution in [0, 0.1) is 0 Å². The van der Waals surface area contributed by atoms with Crippen molar-refractivity contribution in [1.82, 2.24) is 0 Å². The molecule has 0 atom stereocenters. The highest BCUT2D eigenvalue weighted by atomic mass is 32.2. The molecule has 6 nitrogen and oxygen atoms in total. The molecular weight excluding hydrogens is 300 g/mol. The number of nitrogens with zero attached hydrogens (tertiary/aromatic N) is 1. The van der Waals surface area contributed by atoms with Crippen LogP contribution in [0.15, 0.2) is 27.5 Å². The first-order chi connectivity index (χ1) is 9.42. The summed E-state index contributed by atoms with van der Waals surface area (Å²) < 4.78 is 33.1. The number of nitrogens with one attached hydrogen (secondary N) is 1. The molecule has 0 aromatic heterocycles. The second-order valence-electron chi connectivity index (χ2n) is 4.08. The Bertz CT molecular complexity index is 668. The lowest BCUT2D eigenvalue weighted by Gasteiger charge is -2.18. The Balaban J connectivity index is 2.31. The van der Waals surface area contributed by atoms with E-state index < -0.39 is 10.0 Å². The highest BCUT2D eigenvalue weighted by Gasteiger charge is 2.25. The maximum Gasteiger partial charge on any atom is 0.286 e. The number of rotatable bonds is 4. The zero-order chi connectivity index (χ0) is 14.8. The molecule has 0 aliphatic carbocycles. The van der Waals surface area contributed by atoms with Gasteiger partial charge in [-0.2, -0.15) is 8.42 Å². The summed E-state index contributed by atoms with van der Waals surface area (Å²) in [5, 5.41) is 3.11. The van der Waals surface area contributed by atoms with Crippen molar-refractivity contribution in [3.63, 3.8) is 0 Å². The fourth-order valence-corrected chi connectivity index (χ4v) is 3.66. The summed E-state index contributed by atoms with van der Waals surface area (Å²) in [5.74, 6) is 0.606. The van der Waals surface area contributed by atoms with Gasteiger partial charge in [-0.1, -0.05) is 11.8 Å². The number of anilines is 1. The highest BCUT2D eigenvalue weighted by Crippen LogP contribution is 2.32. The monoisotopic (exact) mass is 314 g/mol. The van der Waals surface area contributed by atoms with Gasteiger partial charge in [0.25, 0.3) is 10.0 Å². The number of carbonyl (C=O) groups is 1. The zero-order valence-electron chi connectivity index (χ0n) is 11.0. The van der Waals surface area contributed by atoms with Gasteiger partial charge in [0.05, 0.1) is 18.0 Å². The van der Waals surface area contributed by atoms with Crippen LogP contribution in [0.3, 0.4) is 0 Å². The minimum Gasteiger partial charge on any atom is -0.494 e. The summed E-state index contributed by atoms with van der Waals surface area (Å²) in [7, 11) is -3.77. The van der Waals surface area contributed by atoms with Crippen LogP contribution in [0.2, 0.25) is 0 Å². The lowest BCUT2D eigenvalue weighted by atomic mass is 10.3. The minimum absolute atomic E-state index is 0.0469. The molecule has 0 saturated carbocycles. The molecule has 0 fully saturated rings. The van der Waals surface area contributed by atoms with Gasteiger partial charge in [0, 0.05) is 6.07 Å². The maximum absolute atomic E-state index is 12.1. The highest BCUT2D eigenvalue weighted by molar-refractivity contribution is 8.15. The molecule has 20 heavy (non-hydrogen) atoms. The van der Waals surface area contributed by atoms with Crippen molar-refractivity contribution in [2.45, 2.75) is 18.7 Å². The van der Waals surface area contributed by atoms with Crippen LogP contribution in [-0.4, -0.2) is 31.7 Å². The number of ketones is 1. The topological polar surface area (TPSA) is 84.8 Å². The molecule has 1 aromatic carbocycles. The molecule has 0 unspecified atom stereocenters. The Hall–Kier alpha value is -1.54. The van der Waals surface area contributed by atoms with Crippen LogP contribution in [0.25, 0.3) is 0 Å². The third-order valence-electron chi connectivity index (χ3n) is 2.40. The average Bonchev–Trinajstić information content (AvgIpc) is 2.37. The Kier molecular flexibility index (Phi) is 4.34. The molecule has 1 aromatic rings. The lowest BCUT2D eigenvalue weighted by Crippen LogP contribution is -2.20. The molecule has 108 valence electrons. The Morgan fingerprint density at radius 2 is 2.20 bits per heavy atom. The third-order valence-corrected chi connectivity index (χ3v) is 4.85. The maximum atomic E-state index is 12.1. The minimum atomic E-state index is -3.77. The number of hydrogen-bond acceptors (Lipinski definition) is 6. The molecule has 8 heteroatoms. The lowest BCUT2D eigenvalue weighted by molar-refractivity contribution is -0.114. The largest absolute Gasteiger partial charge is 0.494 e. The molecule has 1 heterocycles. The van der Waals surface area contributed by atoms with Crippen molar-refractivity contribution in [1.29, 1.82) is 0 Å². The van der Waals surface area contributed by atoms with Crippen LogP contribution in [0.1, 0.15) is 13.8 Å². The van der Waals surface area contributed by atoms with Crippen LogP contribution >= 0.6 is 11.8 Å². The van der Waals surface area contributed by atoms with Crippen LogP contribution < -0.4 is 10.1 Å². The summed E-state index contributed by atoms with van der Waals surface area (Å²) in [6.45, 7) is 3.71. The van der Waals surface area contributed by atoms with Crippen LogP contribution in [0.5, 0.6) is 5.75 Å². The number of carbonyl (C=O) groups excluding carboxylic acids is 1. The molecule has 1 aliphatic heterocycles. The van der Waals surface area contributed by atoms with E-state index in [1.54, 1.807) is 12.1 Å². The Morgan fingerprint density at radius 1 is 1.45 bits per heavy atom. The molecule has 1 aliphatic rings. The van der Waals surface area contributed by atoms with E-state index in [2.05, 4.69) is 9.71 Å². The predicted molar refractivity (Wildman–Crippen MR) is 79.0 cm³/mol. The molecule has 0 saturated heterocycles. The second-order valence-corrected chi connectivity index (χ2v) is 6.61. The second kappa shape index (κ2) is 5.84. The van der Waals surface area contributed by atoms with E-state index in [0.717, 1.165) is 11.8 Å². The fourth-order valence-electron chi connectivity index (χ4n) is 1.60. The van der Waals surface area contributed by atoms with Crippen molar-refractivity contribution in [2.75, 3.05) is 17.7 Å². The van der Waals surface area contributed by atoms with E-state index in [1.807, 2.05) is 6.92 Å². The van der Waals surface area contributed by atoms with E-state index in [4.69, 9.17) is 4.74 Å². The SMILES string of the molecule is CCOc1ccc2c(c1)S(=O)(=O)N=C(SCC(C)=O)N2. The van der Waals surface area contributed by atoms with Crippen molar-refractivity contribution in [3.05, 3.63) is 18.2 Å². The van der Waals surface area contributed by atoms with Gasteiger partial charge < -0.3 is 10.1 Å². The van der Waals surface area contributed by atoms with E-state index in [0.29, 0.717) is 18.0 Å². The number of hydrogen-bond donors (Lipinski definition) is 1. The Morgan fingerprint density at radius 3 is 2.85 bits per heavy atom. The molecule has 0 spiro atoms. The first-order valence-electron chi connectivity index (χ1n) is 5.93. The van der Waals surface area contributed by atoms with E-state index in [1.165, 1.54) is 13.0 Å². The average molecular weight is 314 g/mol. The van der Waals surface area contributed by atoms with Crippen molar-refractivity contribution >= 4 is 38.4 Å². The normalized spacial score (nSPS) is 15.8. The van der Waals surface area contributed by atoms with Gasteiger partial charge >= 0.3 is 0 Å². The van der Waals surface area contributed by atoms with Gasteiger partial charge in [0.15, 0.2) is 5.17 Å². The smallest absolute Gasteiger partial charge is 0.286 e. The number of fused-ring (bicyclic) bond motifs is 1. The van der Waals surface area contributed by atoms with Gasteiger partial charge in [-0.3, -0.25) is 4.79 Å². The van der Waals surface area contributed by atoms with Gasteiger partial charge in [0.2, 0.25) is 0 Å². The summed E-state index contributed by atoms with van der Waals surface area (Å²) in [4.78, 5) is 11.0. The number of sulfonamides is 1. The first kappa shape index (κ1) is 14.9. The standard InChI is InChI=1S/C12H14N2O4S2/c1-3-18-9-4-5-10-11(6-9)20(16,17)14-12(13-10)19-7-8(2)15/h4-6H,3,7H2,1-2H3,(H,13,14). The van der Waals surface area contributed by atoms with E-state index >= 15 is 0 Å². The van der Waals surface area contributed by atoms with E-state index in [-0.39, 0.29) is 21.6 Å². The molecule has 0 bridgehead atoms. The van der Waals surface area contributed by atoms with Crippen LogP contribution in [0.4, 0.5) is 5.69 Å². The molecule has 1 N–H and O–H groups in total. The molecule has 0 amide bonds. The first-order valence-corrected chi connectivity index (χ1v) is 8.36. The van der Waals surface area contributed by atoms with Crippen LogP contribution in [-0.2, 0) is 14.8 Å². The zero-order valence-corrected chi connectivity index (χ0v) is 12.7. The third kappa shape index (κ3) is 3.31. The van der Waals surface area contributed by atoms with E-state index in [9.17, 15) is 13.2 Å². The van der Waals surface area contributed by atoms with Gasteiger partial charge in [-0.25, -0.2) is 0 Å². The summed E-state index contributed by atoms with van der Waals surface area (Å²) >= 11 is 1.06. The number of Topliss-reactive ketones (excluding diaryl/α,β-unsaturated/α-hetero) is 1. The van der Waals surface area contributed by atoms with Gasteiger partial charge in [0.1, 0.15) is 16.4 Å². The van der Waals surface area contributed by atoms with Crippen molar-refractivity contribution < 1.29 is 17.9 Å².